The number of nitrogens with zero attached hydrogens (tertiary/aromatic N) is 1. The van der Waals surface area contributed by atoms with Crippen LogP contribution in [0.15, 0.2) is 23.1 Å². The van der Waals surface area contributed by atoms with Crippen molar-refractivity contribution in [3.05, 3.63) is 23.2 Å². The van der Waals surface area contributed by atoms with Crippen LogP contribution in [-0.4, -0.2) is 33.4 Å². The average molecular weight is 292 g/mol. The minimum Gasteiger partial charge on any atom is -0.492 e. The lowest BCUT2D eigenvalue weighted by molar-refractivity contribution is 0.308. The SMILES string of the molecule is CCCCOc1cc(S(=O)(=O)N(C)C)ccc1Cl. The van der Waals surface area contributed by atoms with Crippen molar-refractivity contribution in [3.63, 3.8) is 0 Å². The Morgan fingerprint density at radius 1 is 1.33 bits per heavy atom. The Bertz CT molecular complexity index is 500. The van der Waals surface area contributed by atoms with Crippen LogP contribution in [0.5, 0.6) is 5.75 Å². The number of ether oxygens (including phenoxy) is 1. The first-order valence-electron chi connectivity index (χ1n) is 5.74. The van der Waals surface area contributed by atoms with Gasteiger partial charge in [0.1, 0.15) is 5.75 Å². The van der Waals surface area contributed by atoms with Gasteiger partial charge in [-0.3, -0.25) is 0 Å². The number of sulfonamides is 1. The molecule has 0 heterocycles. The molecule has 0 aliphatic heterocycles. The predicted molar refractivity (Wildman–Crippen MR) is 72.7 cm³/mol. The van der Waals surface area contributed by atoms with Gasteiger partial charge in [-0.2, -0.15) is 0 Å². The van der Waals surface area contributed by atoms with E-state index in [-0.39, 0.29) is 4.90 Å². The van der Waals surface area contributed by atoms with Gasteiger partial charge in [0, 0.05) is 20.2 Å². The first-order chi connectivity index (χ1) is 8.39. The zero-order valence-electron chi connectivity index (χ0n) is 10.8. The molecule has 102 valence electrons. The van der Waals surface area contributed by atoms with Crippen molar-refractivity contribution in [2.45, 2.75) is 24.7 Å². The number of halogens is 1. The molecule has 0 spiro atoms. The highest BCUT2D eigenvalue weighted by Gasteiger charge is 2.18. The second kappa shape index (κ2) is 6.41. The summed E-state index contributed by atoms with van der Waals surface area (Å²) in [7, 11) is -0.477. The summed E-state index contributed by atoms with van der Waals surface area (Å²) in [5, 5.41) is 0.420. The Balaban J connectivity index is 3.01. The molecule has 0 N–H and O–H groups in total. The second-order valence-corrected chi connectivity index (χ2v) is 6.64. The highest BCUT2D eigenvalue weighted by Crippen LogP contribution is 2.28. The predicted octanol–water partition coefficient (Wildman–Crippen LogP) is 2.77. The maximum Gasteiger partial charge on any atom is 0.242 e. The molecule has 4 nitrogen and oxygen atoms in total. The van der Waals surface area contributed by atoms with Gasteiger partial charge in [0.2, 0.25) is 10.0 Å². The summed E-state index contributed by atoms with van der Waals surface area (Å²) in [6.45, 7) is 2.58. The zero-order valence-corrected chi connectivity index (χ0v) is 12.4. The van der Waals surface area contributed by atoms with Crippen LogP contribution in [0.4, 0.5) is 0 Å². The fourth-order valence-electron chi connectivity index (χ4n) is 1.29. The number of unbranched alkanes of at least 4 members (excludes halogenated alkanes) is 1. The zero-order chi connectivity index (χ0) is 13.8. The monoisotopic (exact) mass is 291 g/mol. The van der Waals surface area contributed by atoms with E-state index in [1.165, 1.54) is 26.2 Å². The van der Waals surface area contributed by atoms with Gasteiger partial charge < -0.3 is 4.74 Å². The van der Waals surface area contributed by atoms with Crippen LogP contribution in [0, 0.1) is 0 Å². The maximum absolute atomic E-state index is 12.0. The van der Waals surface area contributed by atoms with Crippen molar-refractivity contribution in [1.29, 1.82) is 0 Å². The molecule has 18 heavy (non-hydrogen) atoms. The molecule has 0 aliphatic carbocycles. The van der Waals surface area contributed by atoms with E-state index in [1.54, 1.807) is 6.07 Å². The lowest BCUT2D eigenvalue weighted by Crippen LogP contribution is -2.22. The van der Waals surface area contributed by atoms with Gasteiger partial charge in [0.25, 0.3) is 0 Å². The highest BCUT2D eigenvalue weighted by atomic mass is 35.5. The van der Waals surface area contributed by atoms with Gasteiger partial charge in [-0.15, -0.1) is 0 Å². The molecule has 0 saturated carbocycles. The Kier molecular flexibility index (Phi) is 5.44. The molecule has 0 fully saturated rings. The number of rotatable bonds is 6. The van der Waals surface area contributed by atoms with E-state index in [2.05, 4.69) is 6.92 Å². The van der Waals surface area contributed by atoms with E-state index in [0.717, 1.165) is 17.1 Å². The second-order valence-electron chi connectivity index (χ2n) is 4.08. The summed E-state index contributed by atoms with van der Waals surface area (Å²) in [4.78, 5) is 0.184. The van der Waals surface area contributed by atoms with Crippen LogP contribution in [0.3, 0.4) is 0 Å². The van der Waals surface area contributed by atoms with Crippen molar-refractivity contribution in [3.8, 4) is 5.75 Å². The van der Waals surface area contributed by atoms with Crippen molar-refractivity contribution < 1.29 is 13.2 Å². The van der Waals surface area contributed by atoms with Gasteiger partial charge in [-0.05, 0) is 18.6 Å². The third-order valence-corrected chi connectivity index (χ3v) is 4.56. The van der Waals surface area contributed by atoms with E-state index >= 15 is 0 Å². The fraction of sp³-hybridized carbons (Fsp3) is 0.500. The quantitative estimate of drug-likeness (QED) is 0.757. The molecule has 0 amide bonds. The molecular formula is C12H18ClNO3S. The molecule has 0 unspecified atom stereocenters. The summed E-state index contributed by atoms with van der Waals surface area (Å²) >= 11 is 5.97. The molecule has 0 aliphatic rings. The van der Waals surface area contributed by atoms with Crippen LogP contribution >= 0.6 is 11.6 Å². The number of benzene rings is 1. The molecule has 0 radical (unpaired) electrons. The van der Waals surface area contributed by atoms with E-state index < -0.39 is 10.0 Å². The Labute approximate surface area is 114 Å². The van der Waals surface area contributed by atoms with E-state index in [0.29, 0.717) is 17.4 Å². The topological polar surface area (TPSA) is 46.6 Å². The van der Waals surface area contributed by atoms with E-state index in [9.17, 15) is 8.42 Å². The lowest BCUT2D eigenvalue weighted by atomic mass is 10.3. The minimum atomic E-state index is -3.45. The molecular weight excluding hydrogens is 274 g/mol. The largest absolute Gasteiger partial charge is 0.492 e. The Morgan fingerprint density at radius 3 is 2.56 bits per heavy atom. The maximum atomic E-state index is 12.0. The summed E-state index contributed by atoms with van der Waals surface area (Å²) < 4.78 is 30.5. The molecule has 0 saturated heterocycles. The average Bonchev–Trinajstić information content (AvgIpc) is 2.31. The smallest absolute Gasteiger partial charge is 0.242 e. The van der Waals surface area contributed by atoms with Crippen molar-refractivity contribution in [1.82, 2.24) is 4.31 Å². The van der Waals surface area contributed by atoms with Crippen LogP contribution in [0.1, 0.15) is 19.8 Å². The summed E-state index contributed by atoms with van der Waals surface area (Å²) in [6, 6.07) is 4.48. The van der Waals surface area contributed by atoms with Gasteiger partial charge in [0.15, 0.2) is 0 Å². The van der Waals surface area contributed by atoms with Gasteiger partial charge in [-0.1, -0.05) is 24.9 Å². The highest BCUT2D eigenvalue weighted by molar-refractivity contribution is 7.89. The molecule has 0 bridgehead atoms. The van der Waals surface area contributed by atoms with Crippen molar-refractivity contribution in [2.24, 2.45) is 0 Å². The van der Waals surface area contributed by atoms with Crippen LogP contribution < -0.4 is 4.74 Å². The molecule has 6 heteroatoms. The fourth-order valence-corrected chi connectivity index (χ4v) is 2.38. The molecule has 1 rings (SSSR count). The normalized spacial score (nSPS) is 11.8. The first-order valence-corrected chi connectivity index (χ1v) is 7.56. The minimum absolute atomic E-state index is 0.184. The lowest BCUT2D eigenvalue weighted by Gasteiger charge is -2.13. The van der Waals surface area contributed by atoms with Crippen LogP contribution in [-0.2, 0) is 10.0 Å². The van der Waals surface area contributed by atoms with E-state index in [4.69, 9.17) is 16.3 Å². The molecule has 0 atom stereocenters. The third-order valence-electron chi connectivity index (χ3n) is 2.44. The van der Waals surface area contributed by atoms with Gasteiger partial charge in [0.05, 0.1) is 16.5 Å². The summed E-state index contributed by atoms with van der Waals surface area (Å²) in [5.74, 6) is 0.410. The van der Waals surface area contributed by atoms with Crippen molar-refractivity contribution >= 4 is 21.6 Å². The van der Waals surface area contributed by atoms with Crippen molar-refractivity contribution in [2.75, 3.05) is 20.7 Å². The Morgan fingerprint density at radius 2 is 2.00 bits per heavy atom. The molecule has 0 aromatic heterocycles. The van der Waals surface area contributed by atoms with Gasteiger partial charge in [-0.25, -0.2) is 12.7 Å². The first kappa shape index (κ1) is 15.3. The van der Waals surface area contributed by atoms with Gasteiger partial charge >= 0.3 is 0 Å². The number of hydrogen-bond acceptors (Lipinski definition) is 3. The van der Waals surface area contributed by atoms with E-state index in [1.807, 2.05) is 0 Å². The summed E-state index contributed by atoms with van der Waals surface area (Å²) in [6.07, 6.45) is 1.91. The molecule has 1 aromatic carbocycles. The van der Waals surface area contributed by atoms with Crippen LogP contribution in [0.25, 0.3) is 0 Å². The number of hydrogen-bond donors (Lipinski definition) is 0. The summed E-state index contributed by atoms with van der Waals surface area (Å²) in [5.41, 5.74) is 0. The Hall–Kier alpha value is -0.780. The molecule has 1 aromatic rings. The third kappa shape index (κ3) is 3.60. The standard InChI is InChI=1S/C12H18ClNO3S/c1-4-5-8-17-12-9-10(6-7-11(12)13)18(15,16)14(2)3/h6-7,9H,4-5,8H2,1-3H3. The van der Waals surface area contributed by atoms with Crippen LogP contribution in [0.2, 0.25) is 5.02 Å².